The molecule has 0 aromatic heterocycles. The molecule has 16 heavy (non-hydrogen) atoms. The smallest absolute Gasteiger partial charge is 0.166 e. The SMILES string of the molecule is COCCCNC(=S)NC(C)C1CCCO1. The lowest BCUT2D eigenvalue weighted by Gasteiger charge is -2.21. The Labute approximate surface area is 103 Å². The summed E-state index contributed by atoms with van der Waals surface area (Å²) < 4.78 is 10.6. The summed E-state index contributed by atoms with van der Waals surface area (Å²) in [5.74, 6) is 0. The molecule has 2 unspecified atom stereocenters. The van der Waals surface area contributed by atoms with Gasteiger partial charge in [0.1, 0.15) is 0 Å². The summed E-state index contributed by atoms with van der Waals surface area (Å²) in [5.41, 5.74) is 0. The molecule has 0 bridgehead atoms. The summed E-state index contributed by atoms with van der Waals surface area (Å²) in [5, 5.41) is 7.12. The van der Waals surface area contributed by atoms with Crippen molar-refractivity contribution in [3.05, 3.63) is 0 Å². The molecule has 1 heterocycles. The van der Waals surface area contributed by atoms with Crippen molar-refractivity contribution < 1.29 is 9.47 Å². The molecule has 94 valence electrons. The molecule has 1 aliphatic heterocycles. The zero-order valence-electron chi connectivity index (χ0n) is 10.1. The average Bonchev–Trinajstić information content (AvgIpc) is 2.77. The Morgan fingerprint density at radius 2 is 2.44 bits per heavy atom. The normalized spacial score (nSPS) is 21.8. The van der Waals surface area contributed by atoms with Crippen LogP contribution in [0.5, 0.6) is 0 Å². The topological polar surface area (TPSA) is 42.5 Å². The van der Waals surface area contributed by atoms with Gasteiger partial charge in [0.15, 0.2) is 5.11 Å². The quantitative estimate of drug-likeness (QED) is 0.542. The average molecular weight is 246 g/mol. The highest BCUT2D eigenvalue weighted by atomic mass is 32.1. The molecule has 0 radical (unpaired) electrons. The van der Waals surface area contributed by atoms with Crippen molar-refractivity contribution in [1.82, 2.24) is 10.6 Å². The molecule has 0 aliphatic carbocycles. The molecule has 0 aromatic rings. The van der Waals surface area contributed by atoms with Crippen LogP contribution in [0.3, 0.4) is 0 Å². The minimum atomic E-state index is 0.282. The fourth-order valence-electron chi connectivity index (χ4n) is 1.77. The monoisotopic (exact) mass is 246 g/mol. The summed E-state index contributed by atoms with van der Waals surface area (Å²) in [4.78, 5) is 0. The van der Waals surface area contributed by atoms with Crippen molar-refractivity contribution in [2.45, 2.75) is 38.3 Å². The second-order valence-corrected chi connectivity index (χ2v) is 4.49. The van der Waals surface area contributed by atoms with Gasteiger partial charge in [-0.25, -0.2) is 0 Å². The van der Waals surface area contributed by atoms with Crippen molar-refractivity contribution in [2.24, 2.45) is 0 Å². The van der Waals surface area contributed by atoms with E-state index in [9.17, 15) is 0 Å². The van der Waals surface area contributed by atoms with Crippen LogP contribution in [0.25, 0.3) is 0 Å². The van der Waals surface area contributed by atoms with E-state index in [1.165, 1.54) is 0 Å². The Morgan fingerprint density at radius 3 is 3.06 bits per heavy atom. The molecule has 2 N–H and O–H groups in total. The maximum Gasteiger partial charge on any atom is 0.166 e. The van der Waals surface area contributed by atoms with Gasteiger partial charge in [0.25, 0.3) is 0 Å². The number of hydrogen-bond acceptors (Lipinski definition) is 3. The summed E-state index contributed by atoms with van der Waals surface area (Å²) in [7, 11) is 1.70. The third-order valence-corrected chi connectivity index (χ3v) is 2.95. The van der Waals surface area contributed by atoms with Crippen LogP contribution in [0.2, 0.25) is 0 Å². The summed E-state index contributed by atoms with van der Waals surface area (Å²) in [6.45, 7) is 4.60. The van der Waals surface area contributed by atoms with Gasteiger partial charge >= 0.3 is 0 Å². The van der Waals surface area contributed by atoms with Crippen LogP contribution in [-0.2, 0) is 9.47 Å². The highest BCUT2D eigenvalue weighted by molar-refractivity contribution is 7.80. The van der Waals surface area contributed by atoms with Crippen molar-refractivity contribution >= 4 is 17.3 Å². The molecule has 5 heteroatoms. The molecule has 1 aliphatic rings. The van der Waals surface area contributed by atoms with E-state index in [1.54, 1.807) is 7.11 Å². The van der Waals surface area contributed by atoms with E-state index < -0.39 is 0 Å². The summed E-state index contributed by atoms with van der Waals surface area (Å²) in [6, 6.07) is 0.282. The number of hydrogen-bond donors (Lipinski definition) is 2. The fraction of sp³-hybridized carbons (Fsp3) is 0.909. The lowest BCUT2D eigenvalue weighted by Crippen LogP contribution is -2.46. The highest BCUT2D eigenvalue weighted by Gasteiger charge is 2.22. The molecule has 1 saturated heterocycles. The fourth-order valence-corrected chi connectivity index (χ4v) is 2.05. The Bertz CT molecular complexity index is 208. The maximum atomic E-state index is 5.59. The van der Waals surface area contributed by atoms with Crippen molar-refractivity contribution in [2.75, 3.05) is 26.9 Å². The van der Waals surface area contributed by atoms with E-state index in [1.807, 2.05) is 0 Å². The van der Waals surface area contributed by atoms with E-state index >= 15 is 0 Å². The van der Waals surface area contributed by atoms with E-state index in [-0.39, 0.29) is 6.04 Å². The van der Waals surface area contributed by atoms with Gasteiger partial charge in [0.05, 0.1) is 12.1 Å². The first-order chi connectivity index (χ1) is 7.74. The van der Waals surface area contributed by atoms with Crippen molar-refractivity contribution in [3.8, 4) is 0 Å². The molecule has 1 fully saturated rings. The van der Waals surface area contributed by atoms with Crippen LogP contribution >= 0.6 is 12.2 Å². The van der Waals surface area contributed by atoms with Crippen LogP contribution in [0.1, 0.15) is 26.2 Å². The van der Waals surface area contributed by atoms with Gasteiger partial charge in [0.2, 0.25) is 0 Å². The van der Waals surface area contributed by atoms with Crippen molar-refractivity contribution in [3.63, 3.8) is 0 Å². The van der Waals surface area contributed by atoms with E-state index in [2.05, 4.69) is 17.6 Å². The second kappa shape index (κ2) is 7.81. The lowest BCUT2D eigenvalue weighted by atomic mass is 10.1. The second-order valence-electron chi connectivity index (χ2n) is 4.09. The van der Waals surface area contributed by atoms with Crippen molar-refractivity contribution in [1.29, 1.82) is 0 Å². The van der Waals surface area contributed by atoms with Gasteiger partial charge < -0.3 is 20.1 Å². The molecule has 2 atom stereocenters. The number of rotatable bonds is 6. The van der Waals surface area contributed by atoms with Gasteiger partial charge in [0, 0.05) is 26.9 Å². The Hall–Kier alpha value is -0.390. The zero-order valence-corrected chi connectivity index (χ0v) is 10.9. The minimum absolute atomic E-state index is 0.282. The number of nitrogens with one attached hydrogen (secondary N) is 2. The van der Waals surface area contributed by atoms with Crippen LogP contribution in [0, 0.1) is 0 Å². The van der Waals surface area contributed by atoms with Gasteiger partial charge in [-0.3, -0.25) is 0 Å². The third kappa shape index (κ3) is 5.09. The summed E-state index contributed by atoms with van der Waals surface area (Å²) >= 11 is 5.20. The van der Waals surface area contributed by atoms with Crippen LogP contribution in [0.15, 0.2) is 0 Å². The zero-order chi connectivity index (χ0) is 11.8. The molecular formula is C11H22N2O2S. The third-order valence-electron chi connectivity index (χ3n) is 2.69. The largest absolute Gasteiger partial charge is 0.385 e. The Morgan fingerprint density at radius 1 is 1.62 bits per heavy atom. The number of methoxy groups -OCH3 is 1. The molecule has 0 spiro atoms. The molecular weight excluding hydrogens is 224 g/mol. The molecule has 0 amide bonds. The van der Waals surface area contributed by atoms with E-state index in [0.717, 1.165) is 39.0 Å². The van der Waals surface area contributed by atoms with Gasteiger partial charge in [-0.2, -0.15) is 0 Å². The Balaban J connectivity index is 2.08. The van der Waals surface area contributed by atoms with E-state index in [4.69, 9.17) is 21.7 Å². The first kappa shape index (κ1) is 13.7. The highest BCUT2D eigenvalue weighted by Crippen LogP contribution is 2.15. The van der Waals surface area contributed by atoms with Crippen LogP contribution in [0.4, 0.5) is 0 Å². The molecule has 1 rings (SSSR count). The predicted octanol–water partition coefficient (Wildman–Crippen LogP) is 1.05. The van der Waals surface area contributed by atoms with Gasteiger partial charge in [-0.1, -0.05) is 0 Å². The van der Waals surface area contributed by atoms with Gasteiger partial charge in [-0.05, 0) is 38.4 Å². The number of ether oxygens (including phenoxy) is 2. The van der Waals surface area contributed by atoms with Gasteiger partial charge in [-0.15, -0.1) is 0 Å². The van der Waals surface area contributed by atoms with Crippen LogP contribution in [-0.4, -0.2) is 44.1 Å². The first-order valence-corrected chi connectivity index (χ1v) is 6.29. The minimum Gasteiger partial charge on any atom is -0.385 e. The molecule has 0 aromatic carbocycles. The van der Waals surface area contributed by atoms with Crippen LogP contribution < -0.4 is 10.6 Å². The molecule has 4 nitrogen and oxygen atoms in total. The summed E-state index contributed by atoms with van der Waals surface area (Å²) in [6.07, 6.45) is 3.55. The maximum absolute atomic E-state index is 5.59. The van der Waals surface area contributed by atoms with E-state index in [0.29, 0.717) is 11.2 Å². The standard InChI is InChI=1S/C11H22N2O2S/c1-9(10-5-3-8-15-10)13-11(16)12-6-4-7-14-2/h9-10H,3-8H2,1-2H3,(H2,12,13,16). The Kier molecular flexibility index (Phi) is 6.68. The predicted molar refractivity (Wildman–Crippen MR) is 68.7 cm³/mol. The lowest BCUT2D eigenvalue weighted by molar-refractivity contribution is 0.0892. The molecule has 0 saturated carbocycles. The number of thiocarbonyl (C=S) groups is 1. The first-order valence-electron chi connectivity index (χ1n) is 5.89.